The van der Waals surface area contributed by atoms with Gasteiger partial charge >= 0.3 is 8.60 Å². The molecule has 0 saturated carbocycles. The molecule has 4 heteroatoms. The van der Waals surface area contributed by atoms with E-state index in [1.807, 2.05) is 0 Å². The van der Waals surface area contributed by atoms with Gasteiger partial charge in [0.25, 0.3) is 0 Å². The Labute approximate surface area is 388 Å². The summed E-state index contributed by atoms with van der Waals surface area (Å²) in [5.74, 6) is 2.63. The van der Waals surface area contributed by atoms with E-state index in [0.717, 1.165) is 56.8 Å². The standard InChI is InChI=1S/C57H117O3P/c1-55(2)49-43-37-31-25-19-13-7-10-16-22-28-34-40-46-52-58-61(59-53-47-41-35-29-23-17-11-8-14-20-26-32-38-44-50-56(3)4)60-54-48-42-36-30-24-18-12-9-15-21-27-33-39-45-51-57(5)6/h55-57H,7-54H2,1-6H3. The molecule has 0 aromatic rings. The normalized spacial score (nSPS) is 12.1. The van der Waals surface area contributed by atoms with Crippen molar-refractivity contribution in [2.75, 3.05) is 19.8 Å². The van der Waals surface area contributed by atoms with Crippen LogP contribution in [0.15, 0.2) is 0 Å². The lowest BCUT2D eigenvalue weighted by Gasteiger charge is -2.17. The highest BCUT2D eigenvalue weighted by molar-refractivity contribution is 7.41. The Bertz CT molecular complexity index is 672. The van der Waals surface area contributed by atoms with Crippen LogP contribution in [0.1, 0.15) is 330 Å². The van der Waals surface area contributed by atoms with Gasteiger partial charge in [0.05, 0.1) is 19.8 Å². The lowest BCUT2D eigenvalue weighted by molar-refractivity contribution is 0.153. The third-order valence-corrected chi connectivity index (χ3v) is 14.3. The van der Waals surface area contributed by atoms with Crippen molar-refractivity contribution in [1.29, 1.82) is 0 Å². The number of hydrogen-bond donors (Lipinski definition) is 0. The van der Waals surface area contributed by atoms with Crippen LogP contribution < -0.4 is 0 Å². The van der Waals surface area contributed by atoms with Crippen molar-refractivity contribution >= 4 is 8.60 Å². The van der Waals surface area contributed by atoms with Gasteiger partial charge < -0.3 is 13.6 Å². The summed E-state index contributed by atoms with van der Waals surface area (Å²) in [6, 6.07) is 0. The lowest BCUT2D eigenvalue weighted by atomic mass is 10.0. The van der Waals surface area contributed by atoms with Crippen LogP contribution >= 0.6 is 8.60 Å². The first kappa shape index (κ1) is 61.3. The van der Waals surface area contributed by atoms with Crippen LogP contribution in [-0.2, 0) is 13.6 Å². The highest BCUT2D eigenvalue weighted by Crippen LogP contribution is 2.40. The fourth-order valence-corrected chi connectivity index (χ4v) is 9.92. The summed E-state index contributed by atoms with van der Waals surface area (Å²) in [7, 11) is -1.20. The first-order valence-electron chi connectivity index (χ1n) is 28.6. The van der Waals surface area contributed by atoms with E-state index in [1.165, 1.54) is 270 Å². The monoisotopic (exact) mass is 881 g/mol. The molecule has 0 radical (unpaired) electrons. The summed E-state index contributed by atoms with van der Waals surface area (Å²) in [5, 5.41) is 0. The van der Waals surface area contributed by atoms with Crippen molar-refractivity contribution in [1.82, 2.24) is 0 Å². The molecule has 0 rings (SSSR count). The molecule has 0 aliphatic rings. The highest BCUT2D eigenvalue weighted by Gasteiger charge is 2.12. The molecule has 3 nitrogen and oxygen atoms in total. The van der Waals surface area contributed by atoms with Crippen molar-refractivity contribution in [3.8, 4) is 0 Å². The topological polar surface area (TPSA) is 27.7 Å². The summed E-state index contributed by atoms with van der Waals surface area (Å²) in [6.45, 7) is 16.5. The van der Waals surface area contributed by atoms with Gasteiger partial charge in [0.1, 0.15) is 0 Å². The van der Waals surface area contributed by atoms with Crippen LogP contribution in [0.3, 0.4) is 0 Å². The van der Waals surface area contributed by atoms with Gasteiger partial charge in [-0.2, -0.15) is 0 Å². The summed E-state index contributed by atoms with van der Waals surface area (Å²) in [4.78, 5) is 0. The number of unbranched alkanes of at least 4 members (excludes halogenated alkanes) is 39. The molecule has 0 heterocycles. The maximum atomic E-state index is 6.25. The van der Waals surface area contributed by atoms with Crippen LogP contribution in [0.25, 0.3) is 0 Å². The molecule has 0 aliphatic carbocycles. The summed E-state index contributed by atoms with van der Waals surface area (Å²) >= 11 is 0. The minimum Gasteiger partial charge on any atom is -0.312 e. The molecule has 0 spiro atoms. The zero-order chi connectivity index (χ0) is 44.4. The van der Waals surface area contributed by atoms with E-state index in [9.17, 15) is 0 Å². The molecular weight excluding hydrogens is 764 g/mol. The average molecular weight is 882 g/mol. The minimum absolute atomic E-state index is 0.791. The second kappa shape index (κ2) is 52.9. The maximum Gasteiger partial charge on any atom is 0.332 e. The first-order chi connectivity index (χ1) is 29.9. The van der Waals surface area contributed by atoms with E-state index in [1.54, 1.807) is 0 Å². The zero-order valence-electron chi connectivity index (χ0n) is 43.3. The van der Waals surface area contributed by atoms with Gasteiger partial charge in [-0.25, -0.2) is 0 Å². The predicted molar refractivity (Wildman–Crippen MR) is 277 cm³/mol. The van der Waals surface area contributed by atoms with Gasteiger partial charge in [0.15, 0.2) is 0 Å². The van der Waals surface area contributed by atoms with E-state index in [2.05, 4.69) is 41.5 Å². The second-order valence-corrected chi connectivity index (χ2v) is 22.3. The van der Waals surface area contributed by atoms with Crippen molar-refractivity contribution in [2.45, 2.75) is 330 Å². The largest absolute Gasteiger partial charge is 0.332 e. The van der Waals surface area contributed by atoms with Crippen molar-refractivity contribution in [3.63, 3.8) is 0 Å². The van der Waals surface area contributed by atoms with Crippen molar-refractivity contribution in [2.24, 2.45) is 17.8 Å². The Morgan fingerprint density at radius 1 is 0.197 bits per heavy atom. The molecule has 61 heavy (non-hydrogen) atoms. The van der Waals surface area contributed by atoms with Crippen LogP contribution in [0.2, 0.25) is 0 Å². The second-order valence-electron chi connectivity index (χ2n) is 21.1. The molecule has 0 aromatic heterocycles. The van der Waals surface area contributed by atoms with Gasteiger partial charge in [0.2, 0.25) is 0 Å². The van der Waals surface area contributed by atoms with Crippen LogP contribution in [0.5, 0.6) is 0 Å². The molecule has 0 aromatic carbocycles. The van der Waals surface area contributed by atoms with Crippen molar-refractivity contribution < 1.29 is 13.6 Å². The first-order valence-corrected chi connectivity index (χ1v) is 29.7. The van der Waals surface area contributed by atoms with E-state index < -0.39 is 8.60 Å². The highest BCUT2D eigenvalue weighted by atomic mass is 31.2. The van der Waals surface area contributed by atoms with E-state index in [0.29, 0.717) is 0 Å². The van der Waals surface area contributed by atoms with E-state index in [-0.39, 0.29) is 0 Å². The van der Waals surface area contributed by atoms with Crippen LogP contribution in [0, 0.1) is 17.8 Å². The Morgan fingerprint density at radius 2 is 0.328 bits per heavy atom. The van der Waals surface area contributed by atoms with Crippen molar-refractivity contribution in [3.05, 3.63) is 0 Å². The number of hydrogen-bond acceptors (Lipinski definition) is 3. The molecule has 0 bridgehead atoms. The smallest absolute Gasteiger partial charge is 0.312 e. The van der Waals surface area contributed by atoms with Gasteiger partial charge in [-0.05, 0) is 37.0 Å². The molecule has 368 valence electrons. The van der Waals surface area contributed by atoms with Gasteiger partial charge in [0, 0.05) is 0 Å². The Hall–Kier alpha value is 0.310. The maximum absolute atomic E-state index is 6.25. The molecule has 0 aliphatic heterocycles. The number of rotatable bonds is 54. The molecule has 0 atom stereocenters. The quantitative estimate of drug-likeness (QED) is 0.0450. The minimum atomic E-state index is -1.20. The zero-order valence-corrected chi connectivity index (χ0v) is 44.2. The summed E-state index contributed by atoms with van der Waals surface area (Å²) in [5.41, 5.74) is 0. The fourth-order valence-electron chi connectivity index (χ4n) is 8.86. The summed E-state index contributed by atoms with van der Waals surface area (Å²) < 4.78 is 18.8. The Balaban J connectivity index is 3.98. The Morgan fingerprint density at radius 3 is 0.475 bits per heavy atom. The molecule has 0 amide bonds. The SMILES string of the molecule is CC(C)CCCCCCCCCCCCCCCCOP(OCCCCCCCCCCCCCCCCC(C)C)OCCCCCCCCCCCCCCCCC(C)C. The van der Waals surface area contributed by atoms with E-state index >= 15 is 0 Å². The molecule has 0 fully saturated rings. The summed E-state index contributed by atoms with van der Waals surface area (Å²) in [6.07, 6.45) is 62.9. The average Bonchev–Trinajstić information content (AvgIpc) is 3.23. The Kier molecular flexibility index (Phi) is 53.2. The molecule has 0 unspecified atom stereocenters. The molecule has 0 saturated heterocycles. The molecule has 0 N–H and O–H groups in total. The van der Waals surface area contributed by atoms with Gasteiger partial charge in [-0.15, -0.1) is 0 Å². The van der Waals surface area contributed by atoms with Gasteiger partial charge in [-0.1, -0.05) is 311 Å². The third kappa shape index (κ3) is 56.4. The fraction of sp³-hybridized carbons (Fsp3) is 1.00. The van der Waals surface area contributed by atoms with E-state index in [4.69, 9.17) is 13.6 Å². The molecular formula is C57H117O3P. The third-order valence-electron chi connectivity index (χ3n) is 13.1. The van der Waals surface area contributed by atoms with Crippen LogP contribution in [-0.4, -0.2) is 19.8 Å². The predicted octanol–water partition coefficient (Wildman–Crippen LogP) is 21.8. The van der Waals surface area contributed by atoms with Crippen LogP contribution in [0.4, 0.5) is 0 Å². The van der Waals surface area contributed by atoms with Gasteiger partial charge in [-0.3, -0.25) is 0 Å². The lowest BCUT2D eigenvalue weighted by Crippen LogP contribution is -2.00.